The molecule has 1 aliphatic rings. The van der Waals surface area contributed by atoms with Gasteiger partial charge in [0.2, 0.25) is 5.91 Å². The molecule has 2 atom stereocenters. The smallest absolute Gasteiger partial charge is 0.255 e. The summed E-state index contributed by atoms with van der Waals surface area (Å²) >= 11 is 0. The topological polar surface area (TPSA) is 66.5 Å². The number of amides is 2. The van der Waals surface area contributed by atoms with Crippen molar-refractivity contribution in [2.24, 2.45) is 0 Å². The molecule has 0 spiro atoms. The number of rotatable bonds is 5. The Hall–Kier alpha value is -2.17. The fourth-order valence-corrected chi connectivity index (χ4v) is 2.89. The number of benzene rings is 1. The van der Waals surface area contributed by atoms with Crippen LogP contribution in [0.4, 0.5) is 0 Å². The lowest BCUT2D eigenvalue weighted by Gasteiger charge is -2.30. The number of carbonyl (C=O) groups excluding carboxylic acids is 3. The second kappa shape index (κ2) is 8.46. The van der Waals surface area contributed by atoms with Gasteiger partial charge in [0.05, 0.1) is 6.04 Å². The van der Waals surface area contributed by atoms with Gasteiger partial charge < -0.3 is 15.0 Å². The molecule has 1 N–H and O–H groups in total. The molecule has 5 nitrogen and oxygen atoms in total. The van der Waals surface area contributed by atoms with Gasteiger partial charge in [0.1, 0.15) is 12.3 Å². The van der Waals surface area contributed by atoms with Crippen molar-refractivity contribution < 1.29 is 14.4 Å². The predicted octanol–water partition coefficient (Wildman–Crippen LogP) is 2.63. The molecule has 5 heteroatoms. The van der Waals surface area contributed by atoms with Crippen LogP contribution in [0.3, 0.4) is 0 Å². The molecule has 2 unspecified atom stereocenters. The van der Waals surface area contributed by atoms with Crippen LogP contribution in [0.2, 0.25) is 0 Å². The third-order valence-corrected chi connectivity index (χ3v) is 3.98. The number of hydrogen-bond acceptors (Lipinski definition) is 3. The maximum absolute atomic E-state index is 12.6. The third-order valence-electron chi connectivity index (χ3n) is 3.98. The highest BCUT2D eigenvalue weighted by Gasteiger charge is 2.40. The van der Waals surface area contributed by atoms with E-state index in [0.717, 1.165) is 17.4 Å². The second-order valence-corrected chi connectivity index (χ2v) is 5.35. The number of likely N-dealkylation sites (N-methyl/N-ethyl adjacent to an activating group) is 1. The molecule has 1 aromatic rings. The largest absolute Gasteiger partial charge is 0.357 e. The molecular weight excluding hydrogens is 292 g/mol. The van der Waals surface area contributed by atoms with E-state index in [4.69, 9.17) is 0 Å². The summed E-state index contributed by atoms with van der Waals surface area (Å²) in [6, 6.07) is 4.91. The number of aryl methyl sites for hydroxylation is 1. The first-order chi connectivity index (χ1) is 11.0. The minimum atomic E-state index is -0.615. The molecule has 0 aromatic heterocycles. The summed E-state index contributed by atoms with van der Waals surface area (Å²) in [5.74, 6) is -0.376. The summed E-state index contributed by atoms with van der Waals surface area (Å²) in [5, 5.41) is 2.58. The van der Waals surface area contributed by atoms with E-state index in [0.29, 0.717) is 12.0 Å². The maximum atomic E-state index is 12.6. The third kappa shape index (κ3) is 3.78. The average Bonchev–Trinajstić information content (AvgIpc) is 2.81. The number of aldehydes is 1. The fourth-order valence-electron chi connectivity index (χ4n) is 2.89. The number of carbonyl (C=O) groups is 3. The molecule has 2 amide bonds. The number of nitrogens with one attached hydrogen (secondary N) is 1. The molecule has 0 bridgehead atoms. The number of nitrogens with zero attached hydrogens (tertiary/aromatic N) is 1. The Balaban J connectivity index is 0.00000127. The lowest BCUT2D eigenvalue weighted by atomic mass is 10.0. The Bertz CT molecular complexity index is 584. The Morgan fingerprint density at radius 1 is 1.39 bits per heavy atom. The van der Waals surface area contributed by atoms with Crippen molar-refractivity contribution in [2.45, 2.75) is 52.6 Å². The van der Waals surface area contributed by atoms with Crippen LogP contribution in [0.15, 0.2) is 18.2 Å². The van der Waals surface area contributed by atoms with Crippen LogP contribution in [0.1, 0.15) is 61.1 Å². The van der Waals surface area contributed by atoms with E-state index in [1.807, 2.05) is 45.9 Å². The highest BCUT2D eigenvalue weighted by Crippen LogP contribution is 2.36. The fraction of sp³-hybridized carbons (Fsp3) is 0.500. The zero-order valence-corrected chi connectivity index (χ0v) is 14.6. The summed E-state index contributed by atoms with van der Waals surface area (Å²) in [6.45, 7) is 7.89. The summed E-state index contributed by atoms with van der Waals surface area (Å²) < 4.78 is 0. The van der Waals surface area contributed by atoms with Crippen LogP contribution in [0, 0.1) is 6.92 Å². The number of fused-ring (bicyclic) bond motifs is 1. The average molecular weight is 318 g/mol. The van der Waals surface area contributed by atoms with E-state index in [1.54, 1.807) is 11.9 Å². The Morgan fingerprint density at radius 3 is 2.61 bits per heavy atom. The number of hydrogen-bond donors (Lipinski definition) is 1. The molecule has 1 heterocycles. The van der Waals surface area contributed by atoms with Crippen molar-refractivity contribution >= 4 is 18.1 Å². The molecule has 23 heavy (non-hydrogen) atoms. The maximum Gasteiger partial charge on any atom is 0.255 e. The summed E-state index contributed by atoms with van der Waals surface area (Å²) in [4.78, 5) is 36.9. The standard InChI is InChI=1S/C16H20N2O3.C2H6/c1-10-6-7-12-13(9-10)11(2)18(16(12)21)14(5-4-8-19)15(20)17-3;1-2/h6-9,11,14H,4-5H2,1-3H3,(H,17,20);1-2H3. The van der Waals surface area contributed by atoms with Gasteiger partial charge in [-0.05, 0) is 31.9 Å². The van der Waals surface area contributed by atoms with Crippen LogP contribution < -0.4 is 5.32 Å². The summed E-state index contributed by atoms with van der Waals surface area (Å²) in [5.41, 5.74) is 2.67. The normalized spacial score (nSPS) is 17.0. The van der Waals surface area contributed by atoms with Gasteiger partial charge in [0.25, 0.3) is 5.91 Å². The van der Waals surface area contributed by atoms with Gasteiger partial charge in [0.15, 0.2) is 0 Å². The van der Waals surface area contributed by atoms with Gasteiger partial charge in [-0.1, -0.05) is 31.5 Å². The highest BCUT2D eigenvalue weighted by molar-refractivity contribution is 6.02. The molecule has 0 radical (unpaired) electrons. The minimum Gasteiger partial charge on any atom is -0.357 e. The first-order valence-electron chi connectivity index (χ1n) is 8.09. The van der Waals surface area contributed by atoms with Crippen molar-refractivity contribution in [1.29, 1.82) is 0 Å². The zero-order chi connectivity index (χ0) is 17.6. The first kappa shape index (κ1) is 18.9. The van der Waals surface area contributed by atoms with Crippen molar-refractivity contribution in [3.63, 3.8) is 0 Å². The summed E-state index contributed by atoms with van der Waals surface area (Å²) in [6.07, 6.45) is 1.37. The highest BCUT2D eigenvalue weighted by atomic mass is 16.2. The first-order valence-corrected chi connectivity index (χ1v) is 8.09. The van der Waals surface area contributed by atoms with E-state index < -0.39 is 6.04 Å². The van der Waals surface area contributed by atoms with Crippen LogP contribution >= 0.6 is 0 Å². The van der Waals surface area contributed by atoms with Crippen molar-refractivity contribution in [1.82, 2.24) is 10.2 Å². The SMILES string of the molecule is CC.CNC(=O)C(CCC=O)N1C(=O)c2ccc(C)cc2C1C. The zero-order valence-electron chi connectivity index (χ0n) is 14.6. The van der Waals surface area contributed by atoms with E-state index in [1.165, 1.54) is 0 Å². The Kier molecular flexibility index (Phi) is 6.94. The van der Waals surface area contributed by atoms with Crippen molar-refractivity contribution in [3.05, 3.63) is 34.9 Å². The van der Waals surface area contributed by atoms with E-state index >= 15 is 0 Å². The van der Waals surface area contributed by atoms with Crippen molar-refractivity contribution in [2.75, 3.05) is 7.05 Å². The van der Waals surface area contributed by atoms with Gasteiger partial charge in [0, 0.05) is 19.0 Å². The molecule has 0 fully saturated rings. The lowest BCUT2D eigenvalue weighted by molar-refractivity contribution is -0.126. The quantitative estimate of drug-likeness (QED) is 0.849. The van der Waals surface area contributed by atoms with Gasteiger partial charge in [-0.2, -0.15) is 0 Å². The molecule has 2 rings (SSSR count). The summed E-state index contributed by atoms with van der Waals surface area (Å²) in [7, 11) is 1.54. The second-order valence-electron chi connectivity index (χ2n) is 5.35. The lowest BCUT2D eigenvalue weighted by Crippen LogP contribution is -2.47. The molecule has 1 aromatic carbocycles. The Labute approximate surface area is 138 Å². The molecular formula is C18H26N2O3. The predicted molar refractivity (Wildman–Crippen MR) is 90.3 cm³/mol. The van der Waals surface area contributed by atoms with E-state index in [9.17, 15) is 14.4 Å². The minimum absolute atomic E-state index is 0.142. The van der Waals surface area contributed by atoms with Gasteiger partial charge >= 0.3 is 0 Å². The van der Waals surface area contributed by atoms with Crippen LogP contribution in [0.25, 0.3) is 0 Å². The van der Waals surface area contributed by atoms with E-state index in [2.05, 4.69) is 5.32 Å². The molecule has 1 aliphatic heterocycles. The van der Waals surface area contributed by atoms with Crippen LogP contribution in [0.5, 0.6) is 0 Å². The Morgan fingerprint density at radius 2 is 2.04 bits per heavy atom. The van der Waals surface area contributed by atoms with E-state index in [-0.39, 0.29) is 24.3 Å². The van der Waals surface area contributed by atoms with Gasteiger partial charge in [-0.15, -0.1) is 0 Å². The van der Waals surface area contributed by atoms with Crippen LogP contribution in [-0.4, -0.2) is 36.1 Å². The molecule has 126 valence electrons. The molecule has 0 saturated heterocycles. The molecule has 0 saturated carbocycles. The van der Waals surface area contributed by atoms with Gasteiger partial charge in [-0.25, -0.2) is 0 Å². The monoisotopic (exact) mass is 318 g/mol. The van der Waals surface area contributed by atoms with Crippen LogP contribution in [-0.2, 0) is 9.59 Å². The van der Waals surface area contributed by atoms with Gasteiger partial charge in [-0.3, -0.25) is 9.59 Å². The molecule has 0 aliphatic carbocycles. The van der Waals surface area contributed by atoms with Crippen molar-refractivity contribution in [3.8, 4) is 0 Å².